The maximum absolute atomic E-state index is 14.1. The number of anilines is 2. The number of nitrogens with zero attached hydrogens (tertiary/aromatic N) is 7. The van der Waals surface area contributed by atoms with Crippen LogP contribution in [-0.2, 0) is 7.05 Å². The van der Waals surface area contributed by atoms with Gasteiger partial charge in [-0.1, -0.05) is 23.7 Å². The summed E-state index contributed by atoms with van der Waals surface area (Å²) in [5.41, 5.74) is 4.48. The molecule has 0 spiro atoms. The average molecular weight is 506 g/mol. The number of aryl methyl sites for hydroxylation is 2. The van der Waals surface area contributed by atoms with Crippen molar-refractivity contribution in [2.75, 3.05) is 16.3 Å². The van der Waals surface area contributed by atoms with Gasteiger partial charge in [-0.3, -0.25) is 23.7 Å². The summed E-state index contributed by atoms with van der Waals surface area (Å²) in [6.45, 7) is 3.75. The molecule has 4 aromatic rings. The number of carboxylic acid groups (broad SMARTS) is 1. The zero-order valence-corrected chi connectivity index (χ0v) is 20.8. The van der Waals surface area contributed by atoms with Crippen LogP contribution in [0.5, 0.6) is 0 Å². The quantitative estimate of drug-likeness (QED) is 0.426. The number of aromatic nitrogens is 5. The number of fused-ring (bicyclic) bond motifs is 2. The molecule has 1 atom stereocenters. The van der Waals surface area contributed by atoms with Crippen molar-refractivity contribution in [1.82, 2.24) is 24.4 Å². The molecule has 4 heterocycles. The summed E-state index contributed by atoms with van der Waals surface area (Å²) in [4.78, 5) is 29.1. The summed E-state index contributed by atoms with van der Waals surface area (Å²) < 4.78 is 3.53. The summed E-state index contributed by atoms with van der Waals surface area (Å²) in [6.07, 6.45) is 2.72. The number of benzene rings is 1. The van der Waals surface area contributed by atoms with Gasteiger partial charge in [-0.25, -0.2) is 4.79 Å². The van der Waals surface area contributed by atoms with Crippen LogP contribution in [0.4, 0.5) is 16.2 Å². The normalized spacial score (nSPS) is 17.2. The molecule has 0 saturated heterocycles. The third-order valence-corrected chi connectivity index (χ3v) is 7.23. The summed E-state index contributed by atoms with van der Waals surface area (Å²) in [5.74, 6) is 0.715. The van der Waals surface area contributed by atoms with Gasteiger partial charge >= 0.3 is 6.09 Å². The van der Waals surface area contributed by atoms with E-state index in [1.807, 2.05) is 19.2 Å². The van der Waals surface area contributed by atoms with E-state index in [1.54, 1.807) is 52.2 Å². The number of rotatable bonds is 5. The van der Waals surface area contributed by atoms with Gasteiger partial charge in [0.05, 0.1) is 28.3 Å². The van der Waals surface area contributed by atoms with Crippen molar-refractivity contribution in [1.29, 1.82) is 0 Å². The molecule has 1 aromatic carbocycles. The van der Waals surface area contributed by atoms with Crippen LogP contribution in [0.2, 0.25) is 5.02 Å². The third-order valence-electron chi connectivity index (χ3n) is 6.98. The first-order valence-corrected chi connectivity index (χ1v) is 12.2. The predicted octanol–water partition coefficient (Wildman–Crippen LogP) is 4.56. The molecule has 2 aliphatic rings. The first-order chi connectivity index (χ1) is 17.3. The molecule has 1 saturated carbocycles. The highest BCUT2D eigenvalue weighted by molar-refractivity contribution is 6.30. The number of carbonyl (C=O) groups is 2. The lowest BCUT2D eigenvalue weighted by Gasteiger charge is -2.28. The Kier molecular flexibility index (Phi) is 5.04. The fraction of sp³-hybridized carbons (Fsp3) is 0.320. The summed E-state index contributed by atoms with van der Waals surface area (Å²) >= 11 is 6.18. The van der Waals surface area contributed by atoms with E-state index >= 15 is 0 Å². The maximum atomic E-state index is 14.1. The van der Waals surface area contributed by atoms with Crippen molar-refractivity contribution in [2.45, 2.75) is 38.6 Å². The number of amides is 2. The summed E-state index contributed by atoms with van der Waals surface area (Å²) in [6, 6.07) is 8.67. The zero-order valence-electron chi connectivity index (χ0n) is 20.0. The molecule has 1 unspecified atom stereocenters. The number of hydrogen-bond donors (Lipinski definition) is 1. The maximum Gasteiger partial charge on any atom is 0.411 e. The Bertz CT molecular complexity index is 1540. The Hall–Kier alpha value is -3.92. The number of pyridine rings is 1. The van der Waals surface area contributed by atoms with Gasteiger partial charge in [-0.05, 0) is 50.5 Å². The van der Waals surface area contributed by atoms with Crippen LogP contribution in [0.3, 0.4) is 0 Å². The molecule has 36 heavy (non-hydrogen) atoms. The second kappa shape index (κ2) is 8.06. The molecule has 0 bridgehead atoms. The SMILES string of the molecule is CCN(C(=O)O)c1cc(N2C(=O)c3c(C4CC4)nn(C)c3C2c2ccc(Cl)cc2)cn2c(C)nnc12. The van der Waals surface area contributed by atoms with Crippen LogP contribution in [-0.4, -0.2) is 48.0 Å². The van der Waals surface area contributed by atoms with E-state index < -0.39 is 12.1 Å². The van der Waals surface area contributed by atoms with Gasteiger partial charge in [0.1, 0.15) is 11.9 Å². The van der Waals surface area contributed by atoms with Gasteiger partial charge in [0.25, 0.3) is 5.91 Å². The second-order valence-corrected chi connectivity index (χ2v) is 9.66. The molecule has 1 fully saturated rings. The minimum atomic E-state index is -1.11. The van der Waals surface area contributed by atoms with Gasteiger partial charge < -0.3 is 5.11 Å². The molecule has 1 aliphatic carbocycles. The Morgan fingerprint density at radius 3 is 2.58 bits per heavy atom. The second-order valence-electron chi connectivity index (χ2n) is 9.22. The van der Waals surface area contributed by atoms with Crippen molar-refractivity contribution in [3.05, 3.63) is 69.9 Å². The highest BCUT2D eigenvalue weighted by atomic mass is 35.5. The molecule has 11 heteroatoms. The highest BCUT2D eigenvalue weighted by Gasteiger charge is 2.47. The topological polar surface area (TPSA) is 109 Å². The van der Waals surface area contributed by atoms with Crippen LogP contribution in [0.1, 0.15) is 64.9 Å². The van der Waals surface area contributed by atoms with Crippen LogP contribution in [0, 0.1) is 6.92 Å². The smallest absolute Gasteiger partial charge is 0.411 e. The molecular weight excluding hydrogens is 482 g/mol. The van der Waals surface area contributed by atoms with Crippen LogP contribution in [0.15, 0.2) is 36.5 Å². The molecule has 184 valence electrons. The first-order valence-electron chi connectivity index (χ1n) is 11.8. The van der Waals surface area contributed by atoms with Gasteiger partial charge in [0.2, 0.25) is 0 Å². The van der Waals surface area contributed by atoms with Crippen molar-refractivity contribution in [3.8, 4) is 0 Å². The summed E-state index contributed by atoms with van der Waals surface area (Å²) in [5, 5.41) is 23.6. The molecular formula is C25H24ClN7O3. The predicted molar refractivity (Wildman–Crippen MR) is 134 cm³/mol. The van der Waals surface area contributed by atoms with E-state index in [0.29, 0.717) is 33.4 Å². The molecule has 10 nitrogen and oxygen atoms in total. The van der Waals surface area contributed by atoms with Gasteiger partial charge in [0.15, 0.2) is 5.65 Å². The third kappa shape index (κ3) is 3.28. The summed E-state index contributed by atoms with van der Waals surface area (Å²) in [7, 11) is 1.87. The monoisotopic (exact) mass is 505 g/mol. The molecule has 1 N–H and O–H groups in total. The number of carbonyl (C=O) groups excluding carboxylic acids is 1. The van der Waals surface area contributed by atoms with E-state index in [2.05, 4.69) is 10.2 Å². The molecule has 6 rings (SSSR count). The molecule has 0 radical (unpaired) electrons. The van der Waals surface area contributed by atoms with E-state index in [4.69, 9.17) is 16.7 Å². The van der Waals surface area contributed by atoms with Crippen molar-refractivity contribution in [2.24, 2.45) is 7.05 Å². The molecule has 1 aliphatic heterocycles. The fourth-order valence-corrected chi connectivity index (χ4v) is 5.25. The largest absolute Gasteiger partial charge is 0.465 e. The highest BCUT2D eigenvalue weighted by Crippen LogP contribution is 2.49. The minimum Gasteiger partial charge on any atom is -0.465 e. The van der Waals surface area contributed by atoms with Crippen LogP contribution < -0.4 is 9.80 Å². The van der Waals surface area contributed by atoms with Gasteiger partial charge in [0, 0.05) is 30.7 Å². The van der Waals surface area contributed by atoms with Crippen LogP contribution in [0.25, 0.3) is 5.65 Å². The van der Waals surface area contributed by atoms with E-state index in [9.17, 15) is 14.7 Å². The number of halogens is 1. The lowest BCUT2D eigenvalue weighted by atomic mass is 10.0. The fourth-order valence-electron chi connectivity index (χ4n) is 5.12. The number of hydrogen-bond acceptors (Lipinski definition) is 5. The lowest BCUT2D eigenvalue weighted by molar-refractivity contribution is 0.0992. The lowest BCUT2D eigenvalue weighted by Crippen LogP contribution is -2.32. The standard InChI is InChI=1S/C25H24ClN7O3/c1-4-31(25(35)36)18-11-17(12-32-13(2)27-28-23(18)32)33-21(15-7-9-16(26)10-8-15)22-19(24(33)34)20(14-5-6-14)29-30(22)3/h7-12,14,21H,4-6H2,1-3H3,(H,35,36). The van der Waals surface area contributed by atoms with Gasteiger partial charge in [-0.2, -0.15) is 5.10 Å². The Labute approximate surface area is 211 Å². The minimum absolute atomic E-state index is 0.158. The molecule has 3 aromatic heterocycles. The average Bonchev–Trinajstić information content (AvgIpc) is 3.45. The first kappa shape index (κ1) is 22.5. The van der Waals surface area contributed by atoms with Crippen molar-refractivity contribution >= 4 is 40.6 Å². The van der Waals surface area contributed by atoms with Crippen molar-refractivity contribution < 1.29 is 14.7 Å². The Morgan fingerprint density at radius 1 is 1.22 bits per heavy atom. The van der Waals surface area contributed by atoms with E-state index in [1.165, 1.54) is 4.90 Å². The van der Waals surface area contributed by atoms with E-state index in [-0.39, 0.29) is 18.4 Å². The van der Waals surface area contributed by atoms with Gasteiger partial charge in [-0.15, -0.1) is 10.2 Å². The zero-order chi connectivity index (χ0) is 25.3. The van der Waals surface area contributed by atoms with Crippen molar-refractivity contribution in [3.63, 3.8) is 0 Å². The Morgan fingerprint density at radius 2 is 1.94 bits per heavy atom. The molecule has 2 amide bonds. The van der Waals surface area contributed by atoms with Crippen LogP contribution >= 0.6 is 11.6 Å². The van der Waals surface area contributed by atoms with E-state index in [0.717, 1.165) is 29.8 Å². The Balaban J connectivity index is 1.60.